The van der Waals surface area contributed by atoms with Crippen molar-refractivity contribution in [2.45, 2.75) is 96.8 Å². The fourth-order valence-corrected chi connectivity index (χ4v) is 5.10. The first kappa shape index (κ1) is 26.4. The van der Waals surface area contributed by atoms with E-state index in [2.05, 4.69) is 38.1 Å². The van der Waals surface area contributed by atoms with E-state index in [0.717, 1.165) is 18.8 Å². The van der Waals surface area contributed by atoms with Gasteiger partial charge in [0.2, 0.25) is 5.82 Å². The van der Waals surface area contributed by atoms with Crippen molar-refractivity contribution in [1.82, 2.24) is 0 Å². The van der Waals surface area contributed by atoms with E-state index in [0.29, 0.717) is 23.7 Å². The predicted molar refractivity (Wildman–Crippen MR) is 139 cm³/mol. The Hall–Kier alpha value is -2.16. The Bertz CT molecular complexity index is 879. The smallest absolute Gasteiger partial charge is 0.201 e. The highest BCUT2D eigenvalue weighted by atomic mass is 19.2. The molecule has 0 heterocycles. The minimum absolute atomic E-state index is 0.0125. The molecule has 0 aromatic heterocycles. The number of benzene rings is 2. The molecule has 3 heteroatoms. The maximum absolute atomic E-state index is 14.8. The van der Waals surface area contributed by atoms with Gasteiger partial charge in [-0.05, 0) is 80.5 Å². The van der Waals surface area contributed by atoms with Crippen molar-refractivity contribution in [2.75, 3.05) is 6.61 Å². The summed E-state index contributed by atoms with van der Waals surface area (Å²) in [5.74, 6) is -0.327. The van der Waals surface area contributed by atoms with Crippen molar-refractivity contribution >= 4 is 0 Å². The lowest BCUT2D eigenvalue weighted by atomic mass is 9.77. The molecule has 0 atom stereocenters. The molecule has 0 spiro atoms. The highest BCUT2D eigenvalue weighted by molar-refractivity contribution is 5.65. The number of unbranched alkanes of at least 4 members (excludes halogenated alkanes) is 6. The molecular weight excluding hydrogens is 426 g/mol. The average Bonchev–Trinajstić information content (AvgIpc) is 2.87. The van der Waals surface area contributed by atoms with E-state index < -0.39 is 11.6 Å². The summed E-state index contributed by atoms with van der Waals surface area (Å²) in [6.45, 7) is 4.72. The van der Waals surface area contributed by atoms with Crippen LogP contribution in [0.2, 0.25) is 0 Å². The van der Waals surface area contributed by atoms with Crippen LogP contribution >= 0.6 is 0 Å². The van der Waals surface area contributed by atoms with Crippen molar-refractivity contribution in [1.29, 1.82) is 0 Å². The number of hydrogen-bond acceptors (Lipinski definition) is 1. The first-order valence-corrected chi connectivity index (χ1v) is 13.5. The standard InChI is InChI=1S/C31H42F2O/c1-3-5-7-8-9-10-11-23-34-29-22-21-28(30(32)31(29)33)27-19-17-26(18-20-27)25-15-13-24(14-16-25)12-6-4-2/h4,6,17-22,24-25H,3,5,7-16,23H2,1-2H3/b6-4-. The second-order valence-corrected chi connectivity index (χ2v) is 9.85. The molecule has 1 fully saturated rings. The third-order valence-corrected chi connectivity index (χ3v) is 7.30. The maximum atomic E-state index is 14.8. The molecule has 0 radical (unpaired) electrons. The van der Waals surface area contributed by atoms with Gasteiger partial charge in [0, 0.05) is 5.56 Å². The Kier molecular flexibility index (Phi) is 11.1. The lowest BCUT2D eigenvalue weighted by molar-refractivity contribution is 0.285. The van der Waals surface area contributed by atoms with E-state index in [1.165, 1.54) is 69.8 Å². The summed E-state index contributed by atoms with van der Waals surface area (Å²) in [6.07, 6.45) is 18.7. The molecule has 1 aliphatic carbocycles. The maximum Gasteiger partial charge on any atom is 0.201 e. The Labute approximate surface area is 205 Å². The van der Waals surface area contributed by atoms with Gasteiger partial charge in [-0.25, -0.2) is 4.39 Å². The number of halogens is 2. The third kappa shape index (κ3) is 7.68. The molecule has 2 aromatic carbocycles. The van der Waals surface area contributed by atoms with E-state index in [-0.39, 0.29) is 5.75 Å². The summed E-state index contributed by atoms with van der Waals surface area (Å²) in [7, 11) is 0. The van der Waals surface area contributed by atoms with E-state index in [1.807, 2.05) is 12.1 Å². The van der Waals surface area contributed by atoms with Gasteiger partial charge in [0.15, 0.2) is 11.6 Å². The zero-order chi connectivity index (χ0) is 24.2. The van der Waals surface area contributed by atoms with E-state index in [9.17, 15) is 8.78 Å². The summed E-state index contributed by atoms with van der Waals surface area (Å²) in [4.78, 5) is 0. The topological polar surface area (TPSA) is 9.23 Å². The lowest BCUT2D eigenvalue weighted by Gasteiger charge is -2.28. The number of ether oxygens (including phenoxy) is 1. The van der Waals surface area contributed by atoms with Gasteiger partial charge in [-0.3, -0.25) is 0 Å². The lowest BCUT2D eigenvalue weighted by Crippen LogP contribution is -2.12. The van der Waals surface area contributed by atoms with Gasteiger partial charge in [0.25, 0.3) is 0 Å². The molecule has 2 aromatic rings. The largest absolute Gasteiger partial charge is 0.490 e. The molecule has 1 aliphatic rings. The van der Waals surface area contributed by atoms with Gasteiger partial charge in [-0.15, -0.1) is 0 Å². The fraction of sp³-hybridized carbons (Fsp3) is 0.548. The van der Waals surface area contributed by atoms with Gasteiger partial charge in [-0.1, -0.05) is 81.9 Å². The molecule has 1 nitrogen and oxygen atoms in total. The van der Waals surface area contributed by atoms with Crippen LogP contribution in [-0.2, 0) is 0 Å². The Morgan fingerprint density at radius 3 is 2.18 bits per heavy atom. The summed E-state index contributed by atoms with van der Waals surface area (Å²) in [5.41, 5.74) is 2.31. The van der Waals surface area contributed by atoms with Crippen LogP contribution in [-0.4, -0.2) is 6.61 Å². The molecule has 0 bridgehead atoms. The minimum atomic E-state index is -0.885. The molecule has 0 unspecified atom stereocenters. The van der Waals surface area contributed by atoms with E-state index in [4.69, 9.17) is 4.74 Å². The van der Waals surface area contributed by atoms with Crippen molar-refractivity contribution in [3.05, 3.63) is 65.7 Å². The monoisotopic (exact) mass is 468 g/mol. The molecule has 0 amide bonds. The zero-order valence-corrected chi connectivity index (χ0v) is 21.1. The van der Waals surface area contributed by atoms with Crippen molar-refractivity contribution in [2.24, 2.45) is 5.92 Å². The van der Waals surface area contributed by atoms with Crippen LogP contribution in [0.4, 0.5) is 8.78 Å². The van der Waals surface area contributed by atoms with Gasteiger partial charge < -0.3 is 4.74 Å². The molecule has 186 valence electrons. The highest BCUT2D eigenvalue weighted by Gasteiger charge is 2.22. The summed E-state index contributed by atoms with van der Waals surface area (Å²) in [6, 6.07) is 11.2. The molecule has 3 rings (SSSR count). The first-order chi connectivity index (χ1) is 16.6. The second kappa shape index (κ2) is 14.3. The second-order valence-electron chi connectivity index (χ2n) is 9.85. The normalized spacial score (nSPS) is 18.5. The van der Waals surface area contributed by atoms with Crippen LogP contribution in [0.15, 0.2) is 48.6 Å². The van der Waals surface area contributed by atoms with Crippen LogP contribution < -0.4 is 4.74 Å². The van der Waals surface area contributed by atoms with Crippen LogP contribution in [0.1, 0.15) is 102 Å². The van der Waals surface area contributed by atoms with Gasteiger partial charge in [0.05, 0.1) is 6.61 Å². The highest BCUT2D eigenvalue weighted by Crippen LogP contribution is 2.38. The quantitative estimate of drug-likeness (QED) is 0.210. The molecule has 0 N–H and O–H groups in total. The summed E-state index contributed by atoms with van der Waals surface area (Å²) in [5, 5.41) is 0. The van der Waals surface area contributed by atoms with Crippen molar-refractivity contribution in [3.8, 4) is 16.9 Å². The SMILES string of the molecule is C/C=C\CC1CCC(c2ccc(-c3ccc(OCCCCCCCCC)c(F)c3F)cc2)CC1. The molecule has 34 heavy (non-hydrogen) atoms. The van der Waals surface area contributed by atoms with Gasteiger partial charge >= 0.3 is 0 Å². The minimum Gasteiger partial charge on any atom is -0.490 e. The Morgan fingerprint density at radius 1 is 0.824 bits per heavy atom. The number of allylic oxidation sites excluding steroid dienone is 2. The summed E-state index contributed by atoms with van der Waals surface area (Å²) < 4.78 is 35.0. The first-order valence-electron chi connectivity index (χ1n) is 13.5. The summed E-state index contributed by atoms with van der Waals surface area (Å²) >= 11 is 0. The van der Waals surface area contributed by atoms with Crippen LogP contribution in [0.5, 0.6) is 5.75 Å². The third-order valence-electron chi connectivity index (χ3n) is 7.30. The van der Waals surface area contributed by atoms with Crippen LogP contribution in [0.3, 0.4) is 0 Å². The molecule has 0 saturated heterocycles. The molecule has 1 saturated carbocycles. The number of rotatable bonds is 13. The Balaban J connectivity index is 1.51. The Morgan fingerprint density at radius 2 is 1.50 bits per heavy atom. The van der Waals surface area contributed by atoms with E-state index >= 15 is 0 Å². The number of hydrogen-bond donors (Lipinski definition) is 0. The van der Waals surface area contributed by atoms with Gasteiger partial charge in [-0.2, -0.15) is 4.39 Å². The molecule has 0 aliphatic heterocycles. The molecular formula is C31H42F2O. The fourth-order valence-electron chi connectivity index (χ4n) is 5.10. The van der Waals surface area contributed by atoms with Crippen LogP contribution in [0.25, 0.3) is 11.1 Å². The average molecular weight is 469 g/mol. The van der Waals surface area contributed by atoms with Crippen molar-refractivity contribution in [3.63, 3.8) is 0 Å². The van der Waals surface area contributed by atoms with Crippen molar-refractivity contribution < 1.29 is 13.5 Å². The van der Waals surface area contributed by atoms with Gasteiger partial charge in [0.1, 0.15) is 0 Å². The predicted octanol–water partition coefficient (Wildman–Crippen LogP) is 10.0. The van der Waals surface area contributed by atoms with Crippen LogP contribution in [0, 0.1) is 17.6 Å². The van der Waals surface area contributed by atoms with E-state index in [1.54, 1.807) is 12.1 Å². The zero-order valence-electron chi connectivity index (χ0n) is 21.1.